The van der Waals surface area contributed by atoms with E-state index in [2.05, 4.69) is 0 Å². The molecule has 0 radical (unpaired) electrons. The van der Waals surface area contributed by atoms with Gasteiger partial charge in [0.25, 0.3) is 0 Å². The second-order valence-corrected chi connectivity index (χ2v) is 1.71. The van der Waals surface area contributed by atoms with Gasteiger partial charge < -0.3 is 0 Å². The van der Waals surface area contributed by atoms with Crippen LogP contribution in [0.4, 0.5) is 70.2 Å². The highest BCUT2D eigenvalue weighted by Gasteiger charge is 2.25. The lowest BCUT2D eigenvalue weighted by Crippen LogP contribution is -1.92. The maximum atomic E-state index is 9.69. The number of hydrogen-bond acceptors (Lipinski definition) is 0. The van der Waals surface area contributed by atoms with Gasteiger partial charge in [0, 0.05) is 0 Å². The molecule has 0 aromatic carbocycles. The predicted molar refractivity (Wildman–Crippen MR) is 28.7 cm³/mol. The zero-order valence-electron chi connectivity index (χ0n) is 8.05. The lowest BCUT2D eigenvalue weighted by atomic mass is 11.5. The molecule has 0 heterocycles. The van der Waals surface area contributed by atoms with Crippen molar-refractivity contribution in [3.8, 4) is 0 Å². The summed E-state index contributed by atoms with van der Waals surface area (Å²) in [5.41, 5.74) is 0. The van der Waals surface area contributed by atoms with E-state index in [0.717, 1.165) is 0 Å². The van der Waals surface area contributed by atoms with Gasteiger partial charge in [-0.1, -0.05) is 0 Å². The molecule has 0 unspecified atom stereocenters. The molecule has 0 bridgehead atoms. The van der Waals surface area contributed by atoms with Crippen molar-refractivity contribution in [2.45, 2.75) is 25.7 Å². The van der Waals surface area contributed by atoms with Crippen LogP contribution in [0.5, 0.6) is 0 Å². The smallest absolute Gasteiger partial charge is 0.140 e. The normalized spacial score (nSPS) is 12.0. The highest BCUT2D eigenvalue weighted by molar-refractivity contribution is 4.09. The molecule has 0 N–H and O–H groups in total. The minimum absolute atomic E-state index is 5.50. The molecule has 0 saturated carbocycles. The Morgan fingerprint density at radius 2 is 0.200 bits per heavy atom. The first kappa shape index (κ1) is 27.3. The average Bonchev–Trinajstić information content (AvgIpc) is 1.62. The molecule has 0 fully saturated rings. The first-order valence-electron chi connectivity index (χ1n) is 3.02. The fraction of sp³-hybridized carbons (Fsp3) is 1.00. The third kappa shape index (κ3) is 3390. The van der Waals surface area contributed by atoms with Gasteiger partial charge in [-0.15, -0.1) is 70.2 Å². The van der Waals surface area contributed by atoms with Crippen molar-refractivity contribution in [1.82, 2.24) is 0 Å². The minimum atomic E-state index is -5.50. The Morgan fingerprint density at radius 3 is 0.200 bits per heavy atom. The zero-order valence-corrected chi connectivity index (χ0v) is 8.05. The van der Waals surface area contributed by atoms with Crippen molar-refractivity contribution in [1.29, 1.82) is 0 Å². The molecule has 0 saturated heterocycles. The lowest BCUT2D eigenvalue weighted by Gasteiger charge is -1.82. The van der Waals surface area contributed by atoms with Crippen LogP contribution in [0.3, 0.4) is 0 Å². The second kappa shape index (κ2) is 9.73. The fourth-order valence-corrected chi connectivity index (χ4v) is 0. The van der Waals surface area contributed by atoms with Gasteiger partial charge in [-0.25, -0.2) is 0 Å². The molecule has 128 valence electrons. The zero-order chi connectivity index (χ0) is 18.0. The molecule has 0 aromatic rings. The van der Waals surface area contributed by atoms with E-state index in [4.69, 9.17) is 0 Å². The van der Waals surface area contributed by atoms with Gasteiger partial charge in [0.15, 0.2) is 0 Å². The van der Waals surface area contributed by atoms with Crippen molar-refractivity contribution in [2.24, 2.45) is 0 Å². The van der Waals surface area contributed by atoms with E-state index in [9.17, 15) is 70.2 Å². The van der Waals surface area contributed by atoms with Crippen LogP contribution in [-0.4, -0.2) is 25.7 Å². The summed E-state index contributed by atoms with van der Waals surface area (Å²) in [5.74, 6) is 0. The van der Waals surface area contributed by atoms with E-state index in [1.165, 1.54) is 0 Å². The molecule has 0 aromatic heterocycles. The molecule has 0 spiro atoms. The largest absolute Gasteiger partial charge is 0.559 e. The summed E-state index contributed by atoms with van der Waals surface area (Å²) < 4.78 is 155. The molecule has 0 atom stereocenters. The Bertz CT molecular complexity index is 124. The first-order valence-corrected chi connectivity index (χ1v) is 3.02. The number of alkyl halides is 16. The van der Waals surface area contributed by atoms with Crippen LogP contribution in [-0.2, 0) is 0 Å². The van der Waals surface area contributed by atoms with Gasteiger partial charge in [-0.3, -0.25) is 0 Å². The Labute approximate surface area is 97.5 Å². The van der Waals surface area contributed by atoms with Gasteiger partial charge in [-0.2, -0.15) is 0 Å². The van der Waals surface area contributed by atoms with Crippen molar-refractivity contribution in [3.05, 3.63) is 0 Å². The van der Waals surface area contributed by atoms with E-state index in [1.54, 1.807) is 0 Å². The fourth-order valence-electron chi connectivity index (χ4n) is 0. The first-order chi connectivity index (χ1) is 8.00. The molecular weight excluding hydrogens is 352 g/mol. The summed E-state index contributed by atoms with van der Waals surface area (Å²) >= 11 is 0. The van der Waals surface area contributed by atoms with Gasteiger partial charge >= 0.3 is 25.7 Å². The lowest BCUT2D eigenvalue weighted by molar-refractivity contribution is -0.238. The summed E-state index contributed by atoms with van der Waals surface area (Å²) in [6.07, 6.45) is -22.0. The Balaban J connectivity index is -0.0000000853. The van der Waals surface area contributed by atoms with E-state index in [1.807, 2.05) is 0 Å². The van der Waals surface area contributed by atoms with E-state index in [-0.39, 0.29) is 0 Å². The van der Waals surface area contributed by atoms with Gasteiger partial charge in [0.2, 0.25) is 0 Å². The molecule has 0 amide bonds. The second-order valence-electron chi connectivity index (χ2n) is 1.71. The Hall–Kier alpha value is -1.12. The molecule has 0 aliphatic heterocycles. The van der Waals surface area contributed by atoms with Crippen LogP contribution >= 0.6 is 0 Å². The maximum Gasteiger partial charge on any atom is 0.559 e. The molecule has 0 nitrogen and oxygen atoms in total. The van der Waals surface area contributed by atoms with E-state index >= 15 is 0 Å². The van der Waals surface area contributed by atoms with Crippen molar-refractivity contribution < 1.29 is 70.2 Å². The monoisotopic (exact) mass is 352 g/mol. The topological polar surface area (TPSA) is 0 Å². The molecular formula is C4F16. The summed E-state index contributed by atoms with van der Waals surface area (Å²) in [6.45, 7) is 0. The Kier molecular flexibility index (Phi) is 13.3. The Morgan fingerprint density at radius 1 is 0.200 bits per heavy atom. The quantitative estimate of drug-likeness (QED) is 0.476. The highest BCUT2D eigenvalue weighted by Crippen LogP contribution is 2.15. The molecule has 0 aliphatic rings. The highest BCUT2D eigenvalue weighted by atomic mass is 19.5. The standard InChI is InChI=1S/4CF4/c4*2-1(3,4)5. The predicted octanol–water partition coefficient (Wildman–Crippen LogP) is 5.90. The van der Waals surface area contributed by atoms with Crippen LogP contribution in [0.1, 0.15) is 0 Å². The van der Waals surface area contributed by atoms with Crippen molar-refractivity contribution >= 4 is 0 Å². The van der Waals surface area contributed by atoms with E-state index < -0.39 is 25.7 Å². The van der Waals surface area contributed by atoms with Gasteiger partial charge in [-0.05, 0) is 0 Å². The third-order valence-corrected chi connectivity index (χ3v) is 0. The van der Waals surface area contributed by atoms with Crippen LogP contribution < -0.4 is 0 Å². The van der Waals surface area contributed by atoms with Gasteiger partial charge in [0.05, 0.1) is 0 Å². The number of halogens is 16. The summed E-state index contributed by atoms with van der Waals surface area (Å²) in [4.78, 5) is 0. The number of rotatable bonds is 0. The number of hydrogen-bond donors (Lipinski definition) is 0. The van der Waals surface area contributed by atoms with Crippen LogP contribution in [0.15, 0.2) is 0 Å². The van der Waals surface area contributed by atoms with Crippen molar-refractivity contribution in [2.75, 3.05) is 0 Å². The van der Waals surface area contributed by atoms with Crippen LogP contribution in [0.25, 0.3) is 0 Å². The average molecular weight is 352 g/mol. The third-order valence-electron chi connectivity index (χ3n) is 0. The van der Waals surface area contributed by atoms with Gasteiger partial charge in [0.1, 0.15) is 0 Å². The minimum Gasteiger partial charge on any atom is -0.140 e. The van der Waals surface area contributed by atoms with Crippen LogP contribution in [0.2, 0.25) is 0 Å². The SMILES string of the molecule is FC(F)(F)F.FC(F)(F)F.FC(F)(F)F.FC(F)(F)F. The summed E-state index contributed by atoms with van der Waals surface area (Å²) in [5, 5.41) is 0. The molecule has 16 heteroatoms. The molecule has 20 heavy (non-hydrogen) atoms. The summed E-state index contributed by atoms with van der Waals surface area (Å²) in [7, 11) is 0. The maximum absolute atomic E-state index is 9.69. The molecule has 0 aliphatic carbocycles. The van der Waals surface area contributed by atoms with Crippen molar-refractivity contribution in [3.63, 3.8) is 0 Å². The van der Waals surface area contributed by atoms with E-state index in [0.29, 0.717) is 0 Å². The summed E-state index contributed by atoms with van der Waals surface area (Å²) in [6, 6.07) is 0. The molecule has 0 rings (SSSR count). The van der Waals surface area contributed by atoms with Crippen LogP contribution in [0, 0.1) is 0 Å².